The second-order valence-corrected chi connectivity index (χ2v) is 3.42. The largest absolute Gasteiger partial charge is 0.369 e. The lowest BCUT2D eigenvalue weighted by Crippen LogP contribution is -2.05. The molecule has 1 aromatic heterocycles. The van der Waals surface area contributed by atoms with Crippen LogP contribution in [0.2, 0.25) is 0 Å². The number of halogens is 1. The standard InChI is InChI=1S/C8H13BrN4/c1-3-4-11-7-6(9)5-12-8(10-2)13-7/h5H,3-4H2,1-2H3,(H2,10,11,12,13). The maximum absolute atomic E-state index is 4.25. The molecule has 0 atom stereocenters. The normalized spacial score (nSPS) is 9.77. The molecule has 0 radical (unpaired) electrons. The number of hydrogen-bond donors (Lipinski definition) is 2. The van der Waals surface area contributed by atoms with Crippen LogP contribution in [-0.2, 0) is 0 Å². The summed E-state index contributed by atoms with van der Waals surface area (Å²) in [5.74, 6) is 1.46. The third-order valence-corrected chi connectivity index (χ3v) is 2.09. The molecule has 0 aliphatic rings. The van der Waals surface area contributed by atoms with E-state index in [0.29, 0.717) is 5.95 Å². The van der Waals surface area contributed by atoms with Gasteiger partial charge >= 0.3 is 0 Å². The molecule has 0 unspecified atom stereocenters. The molecule has 1 aromatic rings. The summed E-state index contributed by atoms with van der Waals surface area (Å²) in [5, 5.41) is 6.09. The lowest BCUT2D eigenvalue weighted by atomic mass is 10.4. The van der Waals surface area contributed by atoms with Crippen LogP contribution in [0, 0.1) is 0 Å². The van der Waals surface area contributed by atoms with Crippen molar-refractivity contribution in [1.29, 1.82) is 0 Å². The molecule has 0 spiro atoms. The molecule has 0 aliphatic carbocycles. The monoisotopic (exact) mass is 244 g/mol. The third kappa shape index (κ3) is 2.84. The van der Waals surface area contributed by atoms with Crippen molar-refractivity contribution in [2.45, 2.75) is 13.3 Å². The second-order valence-electron chi connectivity index (χ2n) is 2.57. The summed E-state index contributed by atoms with van der Waals surface area (Å²) in [6.07, 6.45) is 2.81. The topological polar surface area (TPSA) is 49.8 Å². The lowest BCUT2D eigenvalue weighted by molar-refractivity contribution is 0.962. The van der Waals surface area contributed by atoms with Crippen molar-refractivity contribution >= 4 is 27.7 Å². The highest BCUT2D eigenvalue weighted by atomic mass is 79.9. The summed E-state index contributed by atoms with van der Waals surface area (Å²) in [6.45, 7) is 3.03. The summed E-state index contributed by atoms with van der Waals surface area (Å²) in [7, 11) is 1.80. The molecule has 0 bridgehead atoms. The molecule has 0 aromatic carbocycles. The number of rotatable bonds is 4. The highest BCUT2D eigenvalue weighted by molar-refractivity contribution is 9.10. The van der Waals surface area contributed by atoms with Crippen LogP contribution >= 0.6 is 15.9 Å². The van der Waals surface area contributed by atoms with Crippen LogP contribution in [-0.4, -0.2) is 23.6 Å². The Morgan fingerprint density at radius 2 is 2.31 bits per heavy atom. The summed E-state index contributed by atoms with van der Waals surface area (Å²) in [5.41, 5.74) is 0. The van der Waals surface area contributed by atoms with E-state index in [-0.39, 0.29) is 0 Å². The fraction of sp³-hybridized carbons (Fsp3) is 0.500. The molecule has 1 heterocycles. The van der Waals surface area contributed by atoms with Crippen molar-refractivity contribution < 1.29 is 0 Å². The number of hydrogen-bond acceptors (Lipinski definition) is 4. The Morgan fingerprint density at radius 3 is 2.92 bits per heavy atom. The minimum Gasteiger partial charge on any atom is -0.369 e. The predicted octanol–water partition coefficient (Wildman–Crippen LogP) is 2.10. The Balaban J connectivity index is 2.78. The summed E-state index contributed by atoms with van der Waals surface area (Å²) < 4.78 is 0.889. The first-order valence-corrected chi connectivity index (χ1v) is 5.01. The lowest BCUT2D eigenvalue weighted by Gasteiger charge is -2.06. The van der Waals surface area contributed by atoms with Crippen LogP contribution < -0.4 is 10.6 Å². The molecule has 1 rings (SSSR count). The van der Waals surface area contributed by atoms with Crippen LogP contribution in [0.5, 0.6) is 0 Å². The molecule has 72 valence electrons. The van der Waals surface area contributed by atoms with Crippen LogP contribution in [0.15, 0.2) is 10.7 Å². The van der Waals surface area contributed by atoms with Crippen molar-refractivity contribution in [3.63, 3.8) is 0 Å². The van der Waals surface area contributed by atoms with E-state index >= 15 is 0 Å². The van der Waals surface area contributed by atoms with E-state index in [9.17, 15) is 0 Å². The van der Waals surface area contributed by atoms with Gasteiger partial charge in [-0.05, 0) is 22.4 Å². The molecular weight excluding hydrogens is 232 g/mol. The Bertz CT molecular complexity index is 277. The van der Waals surface area contributed by atoms with Crippen LogP contribution in [0.4, 0.5) is 11.8 Å². The second kappa shape index (κ2) is 5.01. The Morgan fingerprint density at radius 1 is 1.54 bits per heavy atom. The quantitative estimate of drug-likeness (QED) is 0.852. The first-order valence-electron chi connectivity index (χ1n) is 4.22. The zero-order valence-corrected chi connectivity index (χ0v) is 9.35. The molecule has 0 amide bonds. The molecule has 5 heteroatoms. The van der Waals surface area contributed by atoms with Gasteiger partial charge in [0.25, 0.3) is 0 Å². The molecule has 0 saturated heterocycles. The Kier molecular flexibility index (Phi) is 3.95. The molecular formula is C8H13BrN4. The van der Waals surface area contributed by atoms with Gasteiger partial charge in [-0.1, -0.05) is 6.92 Å². The Labute approximate surface area is 86.3 Å². The number of aromatic nitrogens is 2. The van der Waals surface area contributed by atoms with Crippen molar-refractivity contribution in [3.05, 3.63) is 10.7 Å². The van der Waals surface area contributed by atoms with Gasteiger partial charge in [-0.15, -0.1) is 0 Å². The molecule has 4 nitrogen and oxygen atoms in total. The zero-order valence-electron chi connectivity index (χ0n) is 7.76. The van der Waals surface area contributed by atoms with E-state index in [0.717, 1.165) is 23.3 Å². The van der Waals surface area contributed by atoms with E-state index in [2.05, 4.69) is 43.5 Å². The minimum absolute atomic E-state index is 0.627. The number of nitrogens with one attached hydrogen (secondary N) is 2. The molecule has 0 fully saturated rings. The van der Waals surface area contributed by atoms with Gasteiger partial charge in [-0.3, -0.25) is 0 Å². The number of nitrogens with zero attached hydrogens (tertiary/aromatic N) is 2. The average Bonchev–Trinajstić information content (AvgIpc) is 2.17. The van der Waals surface area contributed by atoms with Crippen molar-refractivity contribution in [1.82, 2.24) is 9.97 Å². The van der Waals surface area contributed by atoms with Crippen LogP contribution in [0.25, 0.3) is 0 Å². The van der Waals surface area contributed by atoms with Gasteiger partial charge in [0.1, 0.15) is 5.82 Å². The third-order valence-electron chi connectivity index (χ3n) is 1.51. The van der Waals surface area contributed by atoms with E-state index in [1.807, 2.05) is 0 Å². The number of anilines is 2. The summed E-state index contributed by atoms with van der Waals surface area (Å²) in [4.78, 5) is 8.30. The van der Waals surface area contributed by atoms with Gasteiger partial charge in [0.2, 0.25) is 5.95 Å². The first kappa shape index (κ1) is 10.2. The molecule has 2 N–H and O–H groups in total. The average molecular weight is 245 g/mol. The fourth-order valence-corrected chi connectivity index (χ4v) is 1.19. The van der Waals surface area contributed by atoms with Crippen molar-refractivity contribution in [2.75, 3.05) is 24.2 Å². The van der Waals surface area contributed by atoms with Gasteiger partial charge in [0.15, 0.2) is 0 Å². The van der Waals surface area contributed by atoms with E-state index < -0.39 is 0 Å². The Hall–Kier alpha value is -0.840. The maximum atomic E-state index is 4.25. The fourth-order valence-electron chi connectivity index (χ4n) is 0.855. The van der Waals surface area contributed by atoms with Gasteiger partial charge in [0.05, 0.1) is 4.47 Å². The molecule has 0 aliphatic heterocycles. The predicted molar refractivity (Wildman–Crippen MR) is 58.1 cm³/mol. The highest BCUT2D eigenvalue weighted by Crippen LogP contribution is 2.19. The van der Waals surface area contributed by atoms with Crippen LogP contribution in [0.1, 0.15) is 13.3 Å². The molecule has 0 saturated carbocycles. The first-order chi connectivity index (χ1) is 6.27. The summed E-state index contributed by atoms with van der Waals surface area (Å²) >= 11 is 3.37. The summed E-state index contributed by atoms with van der Waals surface area (Å²) in [6, 6.07) is 0. The molecule has 13 heavy (non-hydrogen) atoms. The SMILES string of the molecule is CCCNc1nc(NC)ncc1Br. The van der Waals surface area contributed by atoms with Gasteiger partial charge in [-0.2, -0.15) is 4.98 Å². The zero-order chi connectivity index (χ0) is 9.68. The maximum Gasteiger partial charge on any atom is 0.224 e. The van der Waals surface area contributed by atoms with Gasteiger partial charge < -0.3 is 10.6 Å². The van der Waals surface area contributed by atoms with E-state index in [1.165, 1.54) is 0 Å². The minimum atomic E-state index is 0.627. The van der Waals surface area contributed by atoms with E-state index in [4.69, 9.17) is 0 Å². The van der Waals surface area contributed by atoms with Crippen LogP contribution in [0.3, 0.4) is 0 Å². The highest BCUT2D eigenvalue weighted by Gasteiger charge is 2.01. The van der Waals surface area contributed by atoms with Gasteiger partial charge in [-0.25, -0.2) is 4.98 Å². The smallest absolute Gasteiger partial charge is 0.224 e. The van der Waals surface area contributed by atoms with Crippen molar-refractivity contribution in [3.8, 4) is 0 Å². The van der Waals surface area contributed by atoms with Gasteiger partial charge in [0, 0.05) is 19.8 Å². The van der Waals surface area contributed by atoms with Crippen molar-refractivity contribution in [2.24, 2.45) is 0 Å². The van der Waals surface area contributed by atoms with E-state index in [1.54, 1.807) is 13.2 Å².